The lowest BCUT2D eigenvalue weighted by atomic mass is 10.0. The summed E-state index contributed by atoms with van der Waals surface area (Å²) >= 11 is 3.45. The summed E-state index contributed by atoms with van der Waals surface area (Å²) < 4.78 is 14.3. The van der Waals surface area contributed by atoms with E-state index in [1.54, 1.807) is 6.07 Å². The summed E-state index contributed by atoms with van der Waals surface area (Å²) in [6, 6.07) is 4.90. The molecule has 5 heteroatoms. The van der Waals surface area contributed by atoms with E-state index in [0.717, 1.165) is 29.4 Å². The molecule has 1 heterocycles. The molecule has 0 amide bonds. The minimum atomic E-state index is -0.278. The molecule has 0 saturated carbocycles. The minimum absolute atomic E-state index is 0.278. The maximum atomic E-state index is 13.5. The van der Waals surface area contributed by atoms with Gasteiger partial charge in [-0.25, -0.2) is 14.4 Å². The van der Waals surface area contributed by atoms with Crippen molar-refractivity contribution in [2.45, 2.75) is 31.7 Å². The van der Waals surface area contributed by atoms with Gasteiger partial charge in [-0.3, -0.25) is 0 Å². The summed E-state index contributed by atoms with van der Waals surface area (Å²) in [5, 5.41) is 3.33. The summed E-state index contributed by atoms with van der Waals surface area (Å²) in [6.07, 6.45) is 6.26. The van der Waals surface area contributed by atoms with Gasteiger partial charge in [0, 0.05) is 33.5 Å². The molecule has 1 atom stereocenters. The zero-order valence-electron chi connectivity index (χ0n) is 11.9. The van der Waals surface area contributed by atoms with E-state index in [1.165, 1.54) is 24.1 Å². The number of aromatic nitrogens is 2. The van der Waals surface area contributed by atoms with Crippen molar-refractivity contribution in [1.29, 1.82) is 0 Å². The fourth-order valence-electron chi connectivity index (χ4n) is 2.81. The fourth-order valence-corrected chi connectivity index (χ4v) is 3.24. The van der Waals surface area contributed by atoms with Crippen molar-refractivity contribution in [3.63, 3.8) is 0 Å². The number of rotatable bonds is 2. The molecule has 0 spiro atoms. The Bertz CT molecular complexity index is 660. The molecule has 0 aliphatic heterocycles. The largest absolute Gasteiger partial charge is 0.313 e. The van der Waals surface area contributed by atoms with Gasteiger partial charge in [-0.1, -0.05) is 22.4 Å². The van der Waals surface area contributed by atoms with Crippen LogP contribution >= 0.6 is 15.9 Å². The highest BCUT2D eigenvalue weighted by molar-refractivity contribution is 9.10. The van der Waals surface area contributed by atoms with Crippen molar-refractivity contribution in [3.05, 3.63) is 45.9 Å². The number of hydrogen-bond acceptors (Lipinski definition) is 3. The molecule has 0 bridgehead atoms. The van der Waals surface area contributed by atoms with E-state index in [0.29, 0.717) is 17.4 Å². The fraction of sp³-hybridized carbons (Fsp3) is 0.375. The van der Waals surface area contributed by atoms with E-state index in [1.807, 2.05) is 13.2 Å². The Labute approximate surface area is 132 Å². The van der Waals surface area contributed by atoms with E-state index in [-0.39, 0.29) is 5.82 Å². The first kappa shape index (κ1) is 14.6. The second-order valence-corrected chi connectivity index (χ2v) is 6.16. The van der Waals surface area contributed by atoms with Crippen LogP contribution in [0.2, 0.25) is 0 Å². The number of fused-ring (bicyclic) bond motifs is 1. The van der Waals surface area contributed by atoms with Crippen LogP contribution < -0.4 is 5.32 Å². The summed E-state index contributed by atoms with van der Waals surface area (Å²) in [6.45, 7) is 0. The van der Waals surface area contributed by atoms with Crippen LogP contribution in [0.3, 0.4) is 0 Å². The van der Waals surface area contributed by atoms with Crippen molar-refractivity contribution in [1.82, 2.24) is 15.3 Å². The van der Waals surface area contributed by atoms with Crippen LogP contribution in [0.1, 0.15) is 36.6 Å². The average Bonchev–Trinajstić information content (AvgIpc) is 2.70. The maximum absolute atomic E-state index is 13.5. The monoisotopic (exact) mass is 349 g/mol. The Hall–Kier alpha value is -1.33. The summed E-state index contributed by atoms with van der Waals surface area (Å²) in [5.74, 6) is 0.303. The second kappa shape index (κ2) is 6.20. The predicted molar refractivity (Wildman–Crippen MR) is 84.5 cm³/mol. The van der Waals surface area contributed by atoms with Crippen LogP contribution in [-0.2, 0) is 6.42 Å². The van der Waals surface area contributed by atoms with Gasteiger partial charge < -0.3 is 5.32 Å². The first-order valence-electron chi connectivity index (χ1n) is 7.17. The Balaban J connectivity index is 2.06. The van der Waals surface area contributed by atoms with Crippen LogP contribution in [0.4, 0.5) is 4.39 Å². The van der Waals surface area contributed by atoms with E-state index in [9.17, 15) is 4.39 Å². The van der Waals surface area contributed by atoms with E-state index in [4.69, 9.17) is 4.98 Å². The Kier molecular flexibility index (Phi) is 4.31. The highest BCUT2D eigenvalue weighted by atomic mass is 79.9. The van der Waals surface area contributed by atoms with Gasteiger partial charge in [0.2, 0.25) is 0 Å². The van der Waals surface area contributed by atoms with Crippen LogP contribution in [0.25, 0.3) is 11.4 Å². The topological polar surface area (TPSA) is 37.8 Å². The number of aryl methyl sites for hydroxylation is 1. The van der Waals surface area contributed by atoms with Crippen LogP contribution in [0.5, 0.6) is 0 Å². The Morgan fingerprint density at radius 2 is 2.19 bits per heavy atom. The summed E-state index contributed by atoms with van der Waals surface area (Å²) in [7, 11) is 1.97. The summed E-state index contributed by atoms with van der Waals surface area (Å²) in [4.78, 5) is 9.15. The van der Waals surface area contributed by atoms with Gasteiger partial charge in [0.15, 0.2) is 5.82 Å². The standard InChI is InChI=1S/C16H17BrFN3/c1-19-14-4-2-3-5-15-12(14)9-20-16(21-15)11-8-10(18)6-7-13(11)17/h6-9,14,19H,2-5H2,1H3. The lowest BCUT2D eigenvalue weighted by molar-refractivity contribution is 0.532. The molecule has 0 fully saturated rings. The molecule has 1 unspecified atom stereocenters. The van der Waals surface area contributed by atoms with Crippen LogP contribution in [0, 0.1) is 5.82 Å². The predicted octanol–water partition coefficient (Wildman–Crippen LogP) is 4.03. The third kappa shape index (κ3) is 2.99. The van der Waals surface area contributed by atoms with E-state index >= 15 is 0 Å². The molecular weight excluding hydrogens is 333 g/mol. The molecular formula is C16H17BrFN3. The van der Waals surface area contributed by atoms with Gasteiger partial charge in [0.1, 0.15) is 5.82 Å². The van der Waals surface area contributed by atoms with Crippen molar-refractivity contribution in [3.8, 4) is 11.4 Å². The lowest BCUT2D eigenvalue weighted by Crippen LogP contribution is -2.17. The van der Waals surface area contributed by atoms with Crippen LogP contribution in [-0.4, -0.2) is 17.0 Å². The first-order chi connectivity index (χ1) is 10.2. The Morgan fingerprint density at radius 1 is 1.33 bits per heavy atom. The molecule has 110 valence electrons. The number of nitrogens with zero attached hydrogens (tertiary/aromatic N) is 2. The molecule has 0 saturated heterocycles. The molecule has 1 aliphatic rings. The van der Waals surface area contributed by atoms with Gasteiger partial charge in [-0.2, -0.15) is 0 Å². The number of hydrogen-bond donors (Lipinski definition) is 1. The second-order valence-electron chi connectivity index (χ2n) is 5.31. The van der Waals surface area contributed by atoms with Gasteiger partial charge >= 0.3 is 0 Å². The average molecular weight is 350 g/mol. The highest BCUT2D eigenvalue weighted by Gasteiger charge is 2.20. The van der Waals surface area contributed by atoms with Gasteiger partial charge in [-0.15, -0.1) is 0 Å². The first-order valence-corrected chi connectivity index (χ1v) is 7.97. The number of halogens is 2. The van der Waals surface area contributed by atoms with Crippen LogP contribution in [0.15, 0.2) is 28.9 Å². The zero-order chi connectivity index (χ0) is 14.8. The summed E-state index contributed by atoms with van der Waals surface area (Å²) in [5.41, 5.74) is 2.95. The normalized spacial score (nSPS) is 18.1. The minimum Gasteiger partial charge on any atom is -0.313 e. The third-order valence-corrected chi connectivity index (χ3v) is 4.64. The van der Waals surface area contributed by atoms with Gasteiger partial charge in [0.05, 0.1) is 0 Å². The molecule has 0 radical (unpaired) electrons. The SMILES string of the molecule is CNC1CCCCc2nc(-c3cc(F)ccc3Br)ncc21. The van der Waals surface area contributed by atoms with Crippen molar-refractivity contribution < 1.29 is 4.39 Å². The smallest absolute Gasteiger partial charge is 0.160 e. The molecule has 1 aromatic heterocycles. The maximum Gasteiger partial charge on any atom is 0.160 e. The van der Waals surface area contributed by atoms with E-state index < -0.39 is 0 Å². The van der Waals surface area contributed by atoms with Crippen molar-refractivity contribution in [2.24, 2.45) is 0 Å². The van der Waals surface area contributed by atoms with E-state index in [2.05, 4.69) is 26.2 Å². The van der Waals surface area contributed by atoms with Crippen molar-refractivity contribution in [2.75, 3.05) is 7.05 Å². The lowest BCUT2D eigenvalue weighted by Gasteiger charge is -2.16. The third-order valence-electron chi connectivity index (χ3n) is 3.95. The molecule has 1 N–H and O–H groups in total. The molecule has 3 rings (SSSR count). The molecule has 2 aromatic rings. The molecule has 1 aliphatic carbocycles. The number of benzene rings is 1. The molecule has 21 heavy (non-hydrogen) atoms. The highest BCUT2D eigenvalue weighted by Crippen LogP contribution is 2.31. The quantitative estimate of drug-likeness (QED) is 0.831. The molecule has 1 aromatic carbocycles. The molecule has 3 nitrogen and oxygen atoms in total. The van der Waals surface area contributed by atoms with Gasteiger partial charge in [0.25, 0.3) is 0 Å². The van der Waals surface area contributed by atoms with Gasteiger partial charge in [-0.05, 0) is 44.5 Å². The van der Waals surface area contributed by atoms with Crippen molar-refractivity contribution >= 4 is 15.9 Å². The Morgan fingerprint density at radius 3 is 3.00 bits per heavy atom. The number of nitrogens with one attached hydrogen (secondary N) is 1. The zero-order valence-corrected chi connectivity index (χ0v) is 13.5.